The predicted octanol–water partition coefficient (Wildman–Crippen LogP) is 2.41. The molecule has 0 aliphatic heterocycles. The van der Waals surface area contributed by atoms with Crippen LogP contribution in [0.2, 0.25) is 0 Å². The van der Waals surface area contributed by atoms with E-state index in [4.69, 9.17) is 4.74 Å². The molecule has 6 nitrogen and oxygen atoms in total. The smallest absolute Gasteiger partial charge is 0.158 e. The van der Waals surface area contributed by atoms with Gasteiger partial charge in [0, 0.05) is 19.2 Å². The molecule has 0 aliphatic rings. The lowest BCUT2D eigenvalue weighted by Gasteiger charge is -2.31. The molecule has 0 aromatic carbocycles. The Hall–Kier alpha value is -1.40. The number of aliphatic hydroxyl groups excluding tert-OH is 1. The van der Waals surface area contributed by atoms with E-state index >= 15 is 0 Å². The third kappa shape index (κ3) is 5.13. The first-order valence-corrected chi connectivity index (χ1v) is 7.71. The second kappa shape index (κ2) is 8.79. The van der Waals surface area contributed by atoms with Gasteiger partial charge in [0.15, 0.2) is 5.82 Å². The molecule has 0 amide bonds. The van der Waals surface area contributed by atoms with Crippen molar-refractivity contribution in [2.75, 3.05) is 30.4 Å². The highest BCUT2D eigenvalue weighted by atomic mass is 16.5. The van der Waals surface area contributed by atoms with E-state index in [2.05, 4.69) is 34.4 Å². The van der Waals surface area contributed by atoms with Crippen LogP contribution in [0.1, 0.15) is 46.4 Å². The number of anilines is 2. The SMILES string of the molecule is CCNc1cc(NC(CC)(CC)CO)nc(COCC)n1. The van der Waals surface area contributed by atoms with Crippen molar-refractivity contribution < 1.29 is 9.84 Å². The Morgan fingerprint density at radius 1 is 1.14 bits per heavy atom. The zero-order valence-electron chi connectivity index (χ0n) is 13.6. The van der Waals surface area contributed by atoms with Gasteiger partial charge in [-0.25, -0.2) is 9.97 Å². The van der Waals surface area contributed by atoms with E-state index in [1.807, 2.05) is 19.9 Å². The Balaban J connectivity index is 3.00. The summed E-state index contributed by atoms with van der Waals surface area (Å²) in [7, 11) is 0. The van der Waals surface area contributed by atoms with Crippen molar-refractivity contribution in [1.82, 2.24) is 9.97 Å². The molecule has 1 aromatic rings. The van der Waals surface area contributed by atoms with Crippen molar-refractivity contribution in [3.8, 4) is 0 Å². The topological polar surface area (TPSA) is 79.3 Å². The molecule has 0 atom stereocenters. The monoisotopic (exact) mass is 296 g/mol. The molecule has 0 unspecified atom stereocenters. The summed E-state index contributed by atoms with van der Waals surface area (Å²) in [4.78, 5) is 8.90. The summed E-state index contributed by atoms with van der Waals surface area (Å²) in [5, 5.41) is 16.2. The van der Waals surface area contributed by atoms with E-state index in [1.54, 1.807) is 0 Å². The molecule has 6 heteroatoms. The third-order valence-corrected chi connectivity index (χ3v) is 3.62. The minimum absolute atomic E-state index is 0.0708. The highest BCUT2D eigenvalue weighted by molar-refractivity contribution is 5.49. The first-order valence-electron chi connectivity index (χ1n) is 7.71. The van der Waals surface area contributed by atoms with Gasteiger partial charge in [0.1, 0.15) is 18.2 Å². The third-order valence-electron chi connectivity index (χ3n) is 3.62. The number of nitrogens with one attached hydrogen (secondary N) is 2. The van der Waals surface area contributed by atoms with Crippen LogP contribution in [0.5, 0.6) is 0 Å². The maximum Gasteiger partial charge on any atom is 0.158 e. The van der Waals surface area contributed by atoms with Crippen LogP contribution in [0.3, 0.4) is 0 Å². The van der Waals surface area contributed by atoms with Gasteiger partial charge in [-0.1, -0.05) is 13.8 Å². The van der Waals surface area contributed by atoms with Gasteiger partial charge in [-0.05, 0) is 26.7 Å². The maximum absolute atomic E-state index is 9.68. The van der Waals surface area contributed by atoms with Crippen molar-refractivity contribution in [3.05, 3.63) is 11.9 Å². The molecule has 21 heavy (non-hydrogen) atoms. The largest absolute Gasteiger partial charge is 0.394 e. The Labute approximate surface area is 127 Å². The second-order valence-corrected chi connectivity index (χ2v) is 4.99. The minimum Gasteiger partial charge on any atom is -0.394 e. The summed E-state index contributed by atoms with van der Waals surface area (Å²) in [5.74, 6) is 2.12. The van der Waals surface area contributed by atoms with Gasteiger partial charge in [-0.3, -0.25) is 0 Å². The van der Waals surface area contributed by atoms with Gasteiger partial charge < -0.3 is 20.5 Å². The standard InChI is InChI=1S/C15H28N4O2/c1-5-15(6-2,11-20)19-13-9-12(16-7-3)17-14(18-13)10-21-8-4/h9,20H,5-8,10-11H2,1-4H3,(H2,16,17,18,19). The summed E-state index contributed by atoms with van der Waals surface area (Å²) in [5.41, 5.74) is -0.347. The molecule has 120 valence electrons. The summed E-state index contributed by atoms with van der Waals surface area (Å²) in [6.45, 7) is 9.95. The zero-order valence-corrected chi connectivity index (χ0v) is 13.6. The van der Waals surface area contributed by atoms with Gasteiger partial charge in [0.05, 0.1) is 12.1 Å². The fourth-order valence-electron chi connectivity index (χ4n) is 2.05. The van der Waals surface area contributed by atoms with Crippen molar-refractivity contribution in [1.29, 1.82) is 0 Å². The molecule has 0 bridgehead atoms. The molecule has 0 aliphatic carbocycles. The molecular weight excluding hydrogens is 268 g/mol. The lowest BCUT2D eigenvalue weighted by Crippen LogP contribution is -2.41. The highest BCUT2D eigenvalue weighted by Gasteiger charge is 2.25. The van der Waals surface area contributed by atoms with E-state index in [1.165, 1.54) is 0 Å². The summed E-state index contributed by atoms with van der Waals surface area (Å²) in [6.07, 6.45) is 1.64. The first kappa shape index (κ1) is 17.7. The number of ether oxygens (including phenoxy) is 1. The lowest BCUT2D eigenvalue weighted by atomic mass is 9.94. The summed E-state index contributed by atoms with van der Waals surface area (Å²) in [6, 6.07) is 1.87. The van der Waals surface area contributed by atoms with Crippen LogP contribution in [0, 0.1) is 0 Å². The molecule has 1 aromatic heterocycles. The number of aliphatic hydroxyl groups is 1. The van der Waals surface area contributed by atoms with Gasteiger partial charge in [-0.15, -0.1) is 0 Å². The summed E-state index contributed by atoms with van der Waals surface area (Å²) >= 11 is 0. The molecular formula is C15H28N4O2. The second-order valence-electron chi connectivity index (χ2n) is 4.99. The van der Waals surface area contributed by atoms with Crippen LogP contribution in [-0.2, 0) is 11.3 Å². The Bertz CT molecular complexity index is 414. The van der Waals surface area contributed by atoms with Crippen molar-refractivity contribution in [2.24, 2.45) is 0 Å². The van der Waals surface area contributed by atoms with E-state index in [9.17, 15) is 5.11 Å². The molecule has 0 saturated heterocycles. The van der Waals surface area contributed by atoms with Gasteiger partial charge >= 0.3 is 0 Å². The van der Waals surface area contributed by atoms with E-state index in [0.717, 1.165) is 25.2 Å². The van der Waals surface area contributed by atoms with Crippen LogP contribution >= 0.6 is 0 Å². The molecule has 1 heterocycles. The van der Waals surface area contributed by atoms with Crippen LogP contribution in [0.25, 0.3) is 0 Å². The fraction of sp³-hybridized carbons (Fsp3) is 0.733. The average Bonchev–Trinajstić information content (AvgIpc) is 2.51. The van der Waals surface area contributed by atoms with Crippen LogP contribution in [0.15, 0.2) is 6.07 Å². The normalized spacial score (nSPS) is 11.5. The van der Waals surface area contributed by atoms with Crippen LogP contribution < -0.4 is 10.6 Å². The average molecular weight is 296 g/mol. The molecule has 0 fully saturated rings. The molecule has 0 saturated carbocycles. The van der Waals surface area contributed by atoms with Crippen LogP contribution in [-0.4, -0.2) is 40.4 Å². The minimum atomic E-state index is -0.347. The number of hydrogen-bond donors (Lipinski definition) is 3. The predicted molar refractivity (Wildman–Crippen MR) is 85.5 cm³/mol. The zero-order chi connectivity index (χ0) is 15.7. The quantitative estimate of drug-likeness (QED) is 0.615. The van der Waals surface area contributed by atoms with Gasteiger partial charge in [-0.2, -0.15) is 0 Å². The van der Waals surface area contributed by atoms with Gasteiger partial charge in [0.2, 0.25) is 0 Å². The Kier molecular flexibility index (Phi) is 7.39. The number of aromatic nitrogens is 2. The lowest BCUT2D eigenvalue weighted by molar-refractivity contribution is 0.128. The maximum atomic E-state index is 9.68. The van der Waals surface area contributed by atoms with Gasteiger partial charge in [0.25, 0.3) is 0 Å². The number of rotatable bonds is 10. The highest BCUT2D eigenvalue weighted by Crippen LogP contribution is 2.22. The molecule has 1 rings (SSSR count). The number of nitrogens with zero attached hydrogens (tertiary/aromatic N) is 2. The van der Waals surface area contributed by atoms with Crippen molar-refractivity contribution in [2.45, 2.75) is 52.7 Å². The first-order chi connectivity index (χ1) is 10.1. The number of hydrogen-bond acceptors (Lipinski definition) is 6. The molecule has 0 radical (unpaired) electrons. The summed E-state index contributed by atoms with van der Waals surface area (Å²) < 4.78 is 5.39. The molecule has 3 N–H and O–H groups in total. The molecule has 0 spiro atoms. The van der Waals surface area contributed by atoms with E-state index in [-0.39, 0.29) is 12.1 Å². The Morgan fingerprint density at radius 3 is 2.33 bits per heavy atom. The Morgan fingerprint density at radius 2 is 1.81 bits per heavy atom. The van der Waals surface area contributed by atoms with Crippen LogP contribution in [0.4, 0.5) is 11.6 Å². The van der Waals surface area contributed by atoms with Crippen molar-refractivity contribution >= 4 is 11.6 Å². The van der Waals surface area contributed by atoms with Crippen molar-refractivity contribution in [3.63, 3.8) is 0 Å². The fourth-order valence-corrected chi connectivity index (χ4v) is 2.05. The van der Waals surface area contributed by atoms with E-state index in [0.29, 0.717) is 24.9 Å². The van der Waals surface area contributed by atoms with E-state index < -0.39 is 0 Å².